The first kappa shape index (κ1) is 16.2. The Hall–Kier alpha value is -2.71. The molecule has 3 heterocycles. The molecule has 0 amide bonds. The van der Waals surface area contributed by atoms with Crippen molar-refractivity contribution in [3.05, 3.63) is 33.8 Å². The third-order valence-corrected chi connectivity index (χ3v) is 4.19. The van der Waals surface area contributed by atoms with Crippen molar-refractivity contribution >= 4 is 17.5 Å². The lowest BCUT2D eigenvalue weighted by Gasteiger charge is -2.31. The predicted octanol–water partition coefficient (Wildman–Crippen LogP) is 2.13. The fraction of sp³-hybridized carbons (Fsp3) is 0.533. The van der Waals surface area contributed by atoms with Crippen molar-refractivity contribution in [2.75, 3.05) is 37.0 Å². The quantitative estimate of drug-likeness (QED) is 0.620. The molecule has 0 aliphatic carbocycles. The van der Waals surface area contributed by atoms with Gasteiger partial charge in [-0.2, -0.15) is 4.98 Å². The largest absolute Gasteiger partial charge is 0.350 e. The summed E-state index contributed by atoms with van der Waals surface area (Å²) in [6.45, 7) is 3.03. The molecule has 2 aromatic rings. The van der Waals surface area contributed by atoms with Crippen LogP contribution in [-0.2, 0) is 0 Å². The van der Waals surface area contributed by atoms with Crippen molar-refractivity contribution in [3.8, 4) is 0 Å². The van der Waals surface area contributed by atoms with Crippen LogP contribution in [0.3, 0.4) is 0 Å². The van der Waals surface area contributed by atoms with Gasteiger partial charge in [0.1, 0.15) is 0 Å². The fourth-order valence-corrected chi connectivity index (χ4v) is 2.94. The molecule has 9 nitrogen and oxygen atoms in total. The van der Waals surface area contributed by atoms with E-state index < -0.39 is 0 Å². The predicted molar refractivity (Wildman–Crippen MR) is 88.4 cm³/mol. The Morgan fingerprint density at radius 2 is 2.25 bits per heavy atom. The summed E-state index contributed by atoms with van der Waals surface area (Å²) < 4.78 is 5.37. The van der Waals surface area contributed by atoms with Crippen LogP contribution in [0.4, 0.5) is 17.5 Å². The highest BCUT2D eigenvalue weighted by Gasteiger charge is 2.31. The minimum atomic E-state index is -0.363. The number of piperidine rings is 1. The zero-order valence-corrected chi connectivity index (χ0v) is 14.0. The molecule has 1 aliphatic rings. The van der Waals surface area contributed by atoms with Crippen LogP contribution in [-0.4, -0.2) is 47.2 Å². The molecule has 1 aliphatic heterocycles. The van der Waals surface area contributed by atoms with Crippen LogP contribution in [0.25, 0.3) is 0 Å². The second-order valence-corrected chi connectivity index (χ2v) is 6.17. The van der Waals surface area contributed by atoms with E-state index in [0.717, 1.165) is 19.4 Å². The van der Waals surface area contributed by atoms with Gasteiger partial charge in [0.15, 0.2) is 0 Å². The Kier molecular flexibility index (Phi) is 4.32. The first-order valence-electron chi connectivity index (χ1n) is 7.83. The van der Waals surface area contributed by atoms with Crippen molar-refractivity contribution in [2.24, 2.45) is 0 Å². The van der Waals surface area contributed by atoms with Gasteiger partial charge in [0, 0.05) is 38.9 Å². The Labute approximate surface area is 139 Å². The van der Waals surface area contributed by atoms with Crippen molar-refractivity contribution in [2.45, 2.75) is 25.7 Å². The second kappa shape index (κ2) is 6.42. The molecule has 9 heteroatoms. The third kappa shape index (κ3) is 3.01. The Morgan fingerprint density at radius 1 is 1.46 bits per heavy atom. The molecule has 0 aromatic carbocycles. The van der Waals surface area contributed by atoms with Crippen LogP contribution in [0.1, 0.15) is 30.2 Å². The fourth-order valence-electron chi connectivity index (χ4n) is 2.94. The van der Waals surface area contributed by atoms with Crippen LogP contribution < -0.4 is 9.80 Å². The topological polar surface area (TPSA) is 101 Å². The summed E-state index contributed by atoms with van der Waals surface area (Å²) in [5.74, 6) is 1.56. The third-order valence-electron chi connectivity index (χ3n) is 4.19. The molecule has 1 fully saturated rings. The van der Waals surface area contributed by atoms with Gasteiger partial charge in [-0.15, -0.1) is 0 Å². The van der Waals surface area contributed by atoms with Gasteiger partial charge in [0.25, 0.3) is 5.95 Å². The summed E-state index contributed by atoms with van der Waals surface area (Å²) in [6.07, 6.45) is 3.40. The highest BCUT2D eigenvalue weighted by atomic mass is 16.6. The SMILES string of the molecule is Cc1ccnc(N2CCCC(c3nc(N(C)C)no3)C2)c1[N+](=O)[O-]. The van der Waals surface area contributed by atoms with Gasteiger partial charge in [-0.25, -0.2) is 4.98 Å². The smallest absolute Gasteiger partial charge is 0.314 e. The van der Waals surface area contributed by atoms with E-state index in [1.165, 1.54) is 0 Å². The number of aryl methyl sites for hydroxylation is 1. The molecule has 0 bridgehead atoms. The summed E-state index contributed by atoms with van der Waals surface area (Å²) in [4.78, 5) is 23.4. The van der Waals surface area contributed by atoms with Gasteiger partial charge < -0.3 is 14.3 Å². The Morgan fingerprint density at radius 3 is 2.92 bits per heavy atom. The average molecular weight is 332 g/mol. The lowest BCUT2D eigenvalue weighted by atomic mass is 9.97. The molecular formula is C15H20N6O3. The van der Waals surface area contributed by atoms with E-state index in [1.54, 1.807) is 24.1 Å². The number of nitro groups is 1. The number of pyridine rings is 1. The van der Waals surface area contributed by atoms with Crippen LogP contribution in [0.15, 0.2) is 16.8 Å². The number of hydrogen-bond donors (Lipinski definition) is 0. The zero-order chi connectivity index (χ0) is 17.3. The second-order valence-electron chi connectivity index (χ2n) is 6.17. The van der Waals surface area contributed by atoms with Gasteiger partial charge >= 0.3 is 5.69 Å². The van der Waals surface area contributed by atoms with Crippen LogP contribution >= 0.6 is 0 Å². The summed E-state index contributed by atoms with van der Waals surface area (Å²) >= 11 is 0. The monoisotopic (exact) mass is 332 g/mol. The summed E-state index contributed by atoms with van der Waals surface area (Å²) in [5, 5.41) is 15.4. The zero-order valence-electron chi connectivity index (χ0n) is 14.0. The van der Waals surface area contributed by atoms with E-state index in [0.29, 0.717) is 29.8 Å². The number of rotatable bonds is 4. The van der Waals surface area contributed by atoms with Crippen molar-refractivity contribution in [1.29, 1.82) is 0 Å². The number of nitrogens with zero attached hydrogens (tertiary/aromatic N) is 6. The molecule has 3 rings (SSSR count). The van der Waals surface area contributed by atoms with Crippen molar-refractivity contribution in [3.63, 3.8) is 0 Å². The van der Waals surface area contributed by atoms with Crippen LogP contribution in [0.2, 0.25) is 0 Å². The number of anilines is 2. The summed E-state index contributed by atoms with van der Waals surface area (Å²) in [7, 11) is 3.70. The highest BCUT2D eigenvalue weighted by Crippen LogP contribution is 2.34. The molecular weight excluding hydrogens is 312 g/mol. The standard InChI is InChI=1S/C15H20N6O3/c1-10-6-7-16-13(12(10)21(22)23)20-8-4-5-11(9-20)14-17-15(18-24-14)19(2)3/h6-7,11H,4-5,8-9H2,1-3H3. The van der Waals surface area contributed by atoms with E-state index >= 15 is 0 Å². The maximum Gasteiger partial charge on any atom is 0.314 e. The van der Waals surface area contributed by atoms with Crippen molar-refractivity contribution in [1.82, 2.24) is 15.1 Å². The maximum atomic E-state index is 11.4. The molecule has 0 radical (unpaired) electrons. The molecule has 24 heavy (non-hydrogen) atoms. The van der Waals surface area contributed by atoms with Crippen LogP contribution in [0, 0.1) is 17.0 Å². The first-order chi connectivity index (χ1) is 11.5. The van der Waals surface area contributed by atoms with E-state index in [-0.39, 0.29) is 16.5 Å². The van der Waals surface area contributed by atoms with E-state index in [2.05, 4.69) is 15.1 Å². The minimum absolute atomic E-state index is 0.0434. The lowest BCUT2D eigenvalue weighted by Crippen LogP contribution is -2.35. The Balaban J connectivity index is 1.86. The molecule has 0 spiro atoms. The van der Waals surface area contributed by atoms with Gasteiger partial charge in [-0.3, -0.25) is 10.1 Å². The number of aromatic nitrogens is 3. The first-order valence-corrected chi connectivity index (χ1v) is 7.83. The Bertz CT molecular complexity index is 745. The molecule has 0 saturated carbocycles. The maximum absolute atomic E-state index is 11.4. The summed E-state index contributed by atoms with van der Waals surface area (Å²) in [5.41, 5.74) is 0.678. The molecule has 128 valence electrons. The molecule has 1 saturated heterocycles. The van der Waals surface area contributed by atoms with E-state index in [1.807, 2.05) is 19.0 Å². The summed E-state index contributed by atoms with van der Waals surface area (Å²) in [6, 6.07) is 1.66. The molecule has 1 atom stereocenters. The van der Waals surface area contributed by atoms with Crippen LogP contribution in [0.5, 0.6) is 0 Å². The minimum Gasteiger partial charge on any atom is -0.350 e. The van der Waals surface area contributed by atoms with Crippen molar-refractivity contribution < 1.29 is 9.45 Å². The average Bonchev–Trinajstić information content (AvgIpc) is 3.04. The van der Waals surface area contributed by atoms with E-state index in [9.17, 15) is 10.1 Å². The van der Waals surface area contributed by atoms with Gasteiger partial charge in [0.2, 0.25) is 11.7 Å². The molecule has 1 unspecified atom stereocenters. The van der Waals surface area contributed by atoms with E-state index in [4.69, 9.17) is 4.52 Å². The highest BCUT2D eigenvalue weighted by molar-refractivity contribution is 5.61. The normalized spacial score (nSPS) is 17.8. The van der Waals surface area contributed by atoms with Gasteiger partial charge in [0.05, 0.1) is 10.8 Å². The molecule has 2 aromatic heterocycles. The molecule has 0 N–H and O–H groups in total. The van der Waals surface area contributed by atoms with Gasteiger partial charge in [-0.1, -0.05) is 0 Å². The van der Waals surface area contributed by atoms with Gasteiger partial charge in [-0.05, 0) is 31.0 Å². The lowest BCUT2D eigenvalue weighted by molar-refractivity contribution is -0.384. The number of hydrogen-bond acceptors (Lipinski definition) is 8.